The van der Waals surface area contributed by atoms with Crippen molar-refractivity contribution < 1.29 is 9.59 Å². The Hall–Kier alpha value is -1.56. The Kier molecular flexibility index (Phi) is 5.84. The van der Waals surface area contributed by atoms with E-state index in [4.69, 9.17) is 23.2 Å². The highest BCUT2D eigenvalue weighted by Gasteiger charge is 2.54. The maximum absolute atomic E-state index is 13.4. The van der Waals surface area contributed by atoms with Gasteiger partial charge in [0.15, 0.2) is 0 Å². The standard InChI is InChI=1S/C20H19BrCl2N2O2/c1-3-8-24-19(27)25(17-10-15(22)9-16(23)11-17)18(26)20(24,2)12-13-4-6-14(21)7-5-13/h4-7,9-11H,3,8,12H2,1-2H3/t20-/m0/s1. The zero-order valence-electron chi connectivity index (χ0n) is 15.0. The predicted molar refractivity (Wildman–Crippen MR) is 113 cm³/mol. The number of carbonyl (C=O) groups is 2. The number of benzene rings is 2. The van der Waals surface area contributed by atoms with Crippen LogP contribution in [0.2, 0.25) is 10.0 Å². The van der Waals surface area contributed by atoms with E-state index in [1.165, 1.54) is 4.90 Å². The van der Waals surface area contributed by atoms with Gasteiger partial charge in [-0.1, -0.05) is 58.2 Å². The van der Waals surface area contributed by atoms with Crippen LogP contribution in [0.25, 0.3) is 0 Å². The minimum Gasteiger partial charge on any atom is -0.309 e. The van der Waals surface area contributed by atoms with Gasteiger partial charge in [0.05, 0.1) is 5.69 Å². The number of hydrogen-bond donors (Lipinski definition) is 0. The number of nitrogens with zero attached hydrogens (tertiary/aromatic N) is 2. The van der Waals surface area contributed by atoms with Crippen LogP contribution in [0.5, 0.6) is 0 Å². The first-order valence-electron chi connectivity index (χ1n) is 8.63. The summed E-state index contributed by atoms with van der Waals surface area (Å²) in [5, 5.41) is 0.753. The van der Waals surface area contributed by atoms with Gasteiger partial charge in [0, 0.05) is 27.5 Å². The summed E-state index contributed by atoms with van der Waals surface area (Å²) in [6.45, 7) is 4.29. The normalized spacial score (nSPS) is 19.9. The van der Waals surface area contributed by atoms with Crippen molar-refractivity contribution in [2.75, 3.05) is 11.4 Å². The Balaban J connectivity index is 2.02. The molecule has 2 aromatic rings. The van der Waals surface area contributed by atoms with Gasteiger partial charge in [0.2, 0.25) is 0 Å². The fraction of sp³-hybridized carbons (Fsp3) is 0.300. The lowest BCUT2D eigenvalue weighted by atomic mass is 9.91. The number of hydrogen-bond acceptors (Lipinski definition) is 2. The fourth-order valence-corrected chi connectivity index (χ4v) is 4.19. The highest BCUT2D eigenvalue weighted by Crippen LogP contribution is 2.37. The van der Waals surface area contributed by atoms with E-state index in [1.807, 2.05) is 38.1 Å². The molecule has 0 unspecified atom stereocenters. The number of amides is 3. The maximum atomic E-state index is 13.4. The molecule has 142 valence electrons. The Morgan fingerprint density at radius 3 is 2.19 bits per heavy atom. The molecular formula is C20H19BrCl2N2O2. The smallest absolute Gasteiger partial charge is 0.309 e. The van der Waals surface area contributed by atoms with Crippen molar-refractivity contribution in [3.8, 4) is 0 Å². The van der Waals surface area contributed by atoms with Crippen molar-refractivity contribution in [1.29, 1.82) is 0 Å². The van der Waals surface area contributed by atoms with E-state index >= 15 is 0 Å². The molecular weight excluding hydrogens is 451 g/mol. The molecule has 1 saturated heterocycles. The predicted octanol–water partition coefficient (Wildman–Crippen LogP) is 5.94. The second-order valence-corrected chi connectivity index (χ2v) is 8.57. The minimum atomic E-state index is -0.976. The third kappa shape index (κ3) is 3.86. The molecule has 1 aliphatic rings. The molecule has 2 aromatic carbocycles. The van der Waals surface area contributed by atoms with Crippen molar-refractivity contribution >= 4 is 56.8 Å². The second kappa shape index (κ2) is 7.82. The molecule has 0 aromatic heterocycles. The third-order valence-corrected chi connectivity index (χ3v) is 5.66. The molecule has 4 nitrogen and oxygen atoms in total. The summed E-state index contributed by atoms with van der Waals surface area (Å²) in [6.07, 6.45) is 1.18. The van der Waals surface area contributed by atoms with Crippen LogP contribution in [0.15, 0.2) is 46.9 Å². The van der Waals surface area contributed by atoms with Gasteiger partial charge >= 0.3 is 6.03 Å². The van der Waals surface area contributed by atoms with E-state index < -0.39 is 5.54 Å². The lowest BCUT2D eigenvalue weighted by Crippen LogP contribution is -2.49. The SMILES string of the molecule is CCCN1C(=O)N(c2cc(Cl)cc(Cl)c2)C(=O)[C@]1(C)Cc1ccc(Br)cc1. The van der Waals surface area contributed by atoms with Crippen LogP contribution in [-0.4, -0.2) is 28.9 Å². The van der Waals surface area contributed by atoms with E-state index in [1.54, 1.807) is 23.1 Å². The summed E-state index contributed by atoms with van der Waals surface area (Å²) >= 11 is 15.6. The van der Waals surface area contributed by atoms with Gasteiger partial charge in [-0.2, -0.15) is 0 Å². The quantitative estimate of drug-likeness (QED) is 0.508. The van der Waals surface area contributed by atoms with Gasteiger partial charge in [-0.05, 0) is 49.2 Å². The van der Waals surface area contributed by atoms with E-state index in [0.717, 1.165) is 16.5 Å². The summed E-state index contributed by atoms with van der Waals surface area (Å²) in [7, 11) is 0. The number of halogens is 3. The van der Waals surface area contributed by atoms with Gasteiger partial charge in [-0.25, -0.2) is 9.69 Å². The Morgan fingerprint density at radius 1 is 1.04 bits per heavy atom. The van der Waals surface area contributed by atoms with Crippen LogP contribution in [0.3, 0.4) is 0 Å². The molecule has 1 aliphatic heterocycles. The van der Waals surface area contributed by atoms with Crippen LogP contribution in [-0.2, 0) is 11.2 Å². The highest BCUT2D eigenvalue weighted by molar-refractivity contribution is 9.10. The van der Waals surface area contributed by atoms with Gasteiger partial charge in [0.1, 0.15) is 5.54 Å². The number of rotatable bonds is 5. The summed E-state index contributed by atoms with van der Waals surface area (Å²) in [5.41, 5.74) is 0.396. The molecule has 0 N–H and O–H groups in total. The third-order valence-electron chi connectivity index (χ3n) is 4.70. The van der Waals surface area contributed by atoms with Crippen molar-refractivity contribution in [3.63, 3.8) is 0 Å². The van der Waals surface area contributed by atoms with Gasteiger partial charge < -0.3 is 4.90 Å². The molecule has 0 bridgehead atoms. The van der Waals surface area contributed by atoms with Crippen LogP contribution in [0, 0.1) is 0 Å². The Bertz CT molecular complexity index is 868. The van der Waals surface area contributed by atoms with E-state index in [9.17, 15) is 9.59 Å². The zero-order valence-corrected chi connectivity index (χ0v) is 18.1. The minimum absolute atomic E-state index is 0.276. The lowest BCUT2D eigenvalue weighted by molar-refractivity contribution is -0.124. The molecule has 3 amide bonds. The van der Waals surface area contributed by atoms with E-state index in [2.05, 4.69) is 15.9 Å². The molecule has 1 fully saturated rings. The molecule has 1 heterocycles. The highest BCUT2D eigenvalue weighted by atomic mass is 79.9. The van der Waals surface area contributed by atoms with Crippen LogP contribution in [0.4, 0.5) is 10.5 Å². The first kappa shape index (κ1) is 20.2. The van der Waals surface area contributed by atoms with E-state index in [-0.39, 0.29) is 11.9 Å². The average molecular weight is 470 g/mol. The van der Waals surface area contributed by atoms with Crippen molar-refractivity contribution in [2.45, 2.75) is 32.2 Å². The molecule has 27 heavy (non-hydrogen) atoms. The summed E-state index contributed by atoms with van der Waals surface area (Å²) in [4.78, 5) is 29.3. The van der Waals surface area contributed by atoms with Gasteiger partial charge in [-0.3, -0.25) is 4.79 Å². The first-order chi connectivity index (χ1) is 12.8. The fourth-order valence-electron chi connectivity index (χ4n) is 3.41. The van der Waals surface area contributed by atoms with Gasteiger partial charge in [0.25, 0.3) is 5.91 Å². The summed E-state index contributed by atoms with van der Waals surface area (Å²) < 4.78 is 0.964. The van der Waals surface area contributed by atoms with Crippen LogP contribution in [0.1, 0.15) is 25.8 Å². The molecule has 0 aliphatic carbocycles. The van der Waals surface area contributed by atoms with Gasteiger partial charge in [-0.15, -0.1) is 0 Å². The topological polar surface area (TPSA) is 40.6 Å². The Morgan fingerprint density at radius 2 is 1.63 bits per heavy atom. The van der Waals surface area contributed by atoms with E-state index in [0.29, 0.717) is 28.7 Å². The second-order valence-electron chi connectivity index (χ2n) is 6.78. The van der Waals surface area contributed by atoms with Crippen molar-refractivity contribution in [3.05, 3.63) is 62.5 Å². The molecule has 0 spiro atoms. The molecule has 0 radical (unpaired) electrons. The molecule has 3 rings (SSSR count). The van der Waals surface area contributed by atoms with Crippen molar-refractivity contribution in [2.24, 2.45) is 0 Å². The summed E-state index contributed by atoms with van der Waals surface area (Å²) in [6, 6.07) is 12.2. The molecule has 0 saturated carbocycles. The van der Waals surface area contributed by atoms with Crippen LogP contribution < -0.4 is 4.90 Å². The zero-order chi connectivity index (χ0) is 19.8. The average Bonchev–Trinajstić information content (AvgIpc) is 2.77. The van der Waals surface area contributed by atoms with Crippen molar-refractivity contribution in [1.82, 2.24) is 4.90 Å². The summed E-state index contributed by atoms with van der Waals surface area (Å²) in [5.74, 6) is -0.276. The largest absolute Gasteiger partial charge is 0.332 e. The monoisotopic (exact) mass is 468 g/mol. The maximum Gasteiger partial charge on any atom is 0.332 e. The Labute approximate surface area is 177 Å². The number of carbonyl (C=O) groups excluding carboxylic acids is 2. The van der Waals surface area contributed by atoms with Crippen LogP contribution >= 0.6 is 39.1 Å². The number of anilines is 1. The molecule has 7 heteroatoms. The lowest BCUT2D eigenvalue weighted by Gasteiger charge is -2.31. The molecule has 1 atom stereocenters. The first-order valence-corrected chi connectivity index (χ1v) is 10.2. The number of imide groups is 1. The number of urea groups is 1.